The highest BCUT2D eigenvalue weighted by atomic mass is 35.5. The van der Waals surface area contributed by atoms with Gasteiger partial charge in [0.15, 0.2) is 5.82 Å². The normalized spacial score (nSPS) is 17.4. The van der Waals surface area contributed by atoms with E-state index in [1.165, 1.54) is 0 Å². The molecule has 1 aromatic rings. The van der Waals surface area contributed by atoms with E-state index in [0.29, 0.717) is 23.7 Å². The van der Waals surface area contributed by atoms with E-state index in [0.717, 1.165) is 12.8 Å². The molecule has 0 aliphatic carbocycles. The number of hydrogen-bond donors (Lipinski definition) is 2. The topological polar surface area (TPSA) is 66.9 Å². The Morgan fingerprint density at radius 2 is 2.00 bits per heavy atom. The maximum Gasteiger partial charge on any atom is 0.232 e. The summed E-state index contributed by atoms with van der Waals surface area (Å²) in [5.41, 5.74) is 0.904. The number of carbonyl (C=O) groups excluding carboxylic acids is 1. The molecule has 0 aromatic carbocycles. The minimum absolute atomic E-state index is 0.0211. The molecule has 0 bridgehead atoms. The predicted molar refractivity (Wildman–Crippen MR) is 71.9 cm³/mol. The lowest BCUT2D eigenvalue weighted by Gasteiger charge is -2.27. The van der Waals surface area contributed by atoms with Gasteiger partial charge in [-0.2, -0.15) is 4.98 Å². The van der Waals surface area contributed by atoms with Crippen molar-refractivity contribution in [3.8, 4) is 0 Å². The number of halogens is 1. The molecule has 1 aliphatic rings. The smallest absolute Gasteiger partial charge is 0.232 e. The number of aromatic nitrogens is 2. The summed E-state index contributed by atoms with van der Waals surface area (Å²) in [5.74, 6) is 0.623. The average molecular weight is 269 g/mol. The highest BCUT2D eigenvalue weighted by Gasteiger charge is 2.38. The SMILES string of the molecule is CCC1(CC)CNc2nc(Cl)nc(C)c2NC1=O. The summed E-state index contributed by atoms with van der Waals surface area (Å²) in [6, 6.07) is 0. The zero-order valence-electron chi connectivity index (χ0n) is 10.8. The molecular weight excluding hydrogens is 252 g/mol. The average Bonchev–Trinajstić information content (AvgIpc) is 2.47. The summed E-state index contributed by atoms with van der Waals surface area (Å²) < 4.78 is 0. The number of nitrogens with one attached hydrogen (secondary N) is 2. The third-order valence-electron chi connectivity index (χ3n) is 3.73. The molecule has 0 saturated heterocycles. The monoisotopic (exact) mass is 268 g/mol. The fourth-order valence-corrected chi connectivity index (χ4v) is 2.43. The second kappa shape index (κ2) is 4.72. The van der Waals surface area contributed by atoms with Crippen molar-refractivity contribution in [2.75, 3.05) is 17.2 Å². The third-order valence-corrected chi connectivity index (χ3v) is 3.90. The maximum atomic E-state index is 12.4. The van der Waals surface area contributed by atoms with Crippen LogP contribution in [0.25, 0.3) is 0 Å². The lowest BCUT2D eigenvalue weighted by molar-refractivity contribution is -0.125. The Labute approximate surface area is 111 Å². The van der Waals surface area contributed by atoms with Gasteiger partial charge in [0.2, 0.25) is 11.2 Å². The Kier molecular flexibility index (Phi) is 3.43. The van der Waals surface area contributed by atoms with Gasteiger partial charge in [0, 0.05) is 6.54 Å². The Morgan fingerprint density at radius 1 is 1.33 bits per heavy atom. The van der Waals surface area contributed by atoms with Crippen molar-refractivity contribution in [2.24, 2.45) is 5.41 Å². The Balaban J connectivity index is 2.45. The lowest BCUT2D eigenvalue weighted by Crippen LogP contribution is -2.39. The fraction of sp³-hybridized carbons (Fsp3) is 0.583. The third kappa shape index (κ3) is 2.03. The van der Waals surface area contributed by atoms with Crippen LogP contribution in [0.1, 0.15) is 32.4 Å². The molecule has 2 heterocycles. The van der Waals surface area contributed by atoms with Crippen LogP contribution < -0.4 is 10.6 Å². The van der Waals surface area contributed by atoms with E-state index in [4.69, 9.17) is 11.6 Å². The van der Waals surface area contributed by atoms with E-state index < -0.39 is 5.41 Å². The molecule has 0 radical (unpaired) electrons. The van der Waals surface area contributed by atoms with E-state index in [1.54, 1.807) is 6.92 Å². The Hall–Kier alpha value is -1.36. The van der Waals surface area contributed by atoms with Crippen LogP contribution in [0.2, 0.25) is 5.28 Å². The van der Waals surface area contributed by atoms with E-state index in [1.807, 2.05) is 13.8 Å². The van der Waals surface area contributed by atoms with Gasteiger partial charge < -0.3 is 10.6 Å². The number of aryl methyl sites for hydroxylation is 1. The first-order valence-corrected chi connectivity index (χ1v) is 6.49. The second-order valence-corrected chi connectivity index (χ2v) is 4.93. The van der Waals surface area contributed by atoms with Crippen LogP contribution in [-0.2, 0) is 4.79 Å². The van der Waals surface area contributed by atoms with Gasteiger partial charge in [-0.25, -0.2) is 4.98 Å². The molecule has 98 valence electrons. The van der Waals surface area contributed by atoms with Crippen LogP contribution in [0.4, 0.5) is 11.5 Å². The Bertz CT molecular complexity index is 485. The maximum absolute atomic E-state index is 12.4. The molecule has 0 fully saturated rings. The first kappa shape index (κ1) is 13.1. The minimum atomic E-state index is -0.403. The van der Waals surface area contributed by atoms with Crippen molar-refractivity contribution in [3.05, 3.63) is 11.0 Å². The van der Waals surface area contributed by atoms with Crippen molar-refractivity contribution < 1.29 is 4.79 Å². The molecular formula is C12H17ClN4O. The molecule has 5 nitrogen and oxygen atoms in total. The van der Waals surface area contributed by atoms with Gasteiger partial charge in [0.1, 0.15) is 5.69 Å². The molecule has 2 N–H and O–H groups in total. The molecule has 18 heavy (non-hydrogen) atoms. The summed E-state index contributed by atoms with van der Waals surface area (Å²) in [6.45, 7) is 6.41. The highest BCUT2D eigenvalue weighted by Crippen LogP contribution is 2.35. The molecule has 0 unspecified atom stereocenters. The quantitative estimate of drug-likeness (QED) is 0.809. The number of hydrogen-bond acceptors (Lipinski definition) is 4. The molecule has 2 rings (SSSR count). The van der Waals surface area contributed by atoms with Gasteiger partial charge in [0.25, 0.3) is 0 Å². The van der Waals surface area contributed by atoms with Gasteiger partial charge in [-0.05, 0) is 31.4 Å². The summed E-state index contributed by atoms with van der Waals surface area (Å²) in [4.78, 5) is 20.6. The minimum Gasteiger partial charge on any atom is -0.367 e. The van der Waals surface area contributed by atoms with Crippen molar-refractivity contribution in [1.29, 1.82) is 0 Å². The standard InChI is InChI=1S/C12H17ClN4O/c1-4-12(5-2)6-14-9-8(16-10(12)18)7(3)15-11(13)17-9/h4-6H2,1-3H3,(H,16,18)(H,14,15,17). The van der Waals surface area contributed by atoms with Crippen LogP contribution in [0.15, 0.2) is 0 Å². The van der Waals surface area contributed by atoms with Gasteiger partial charge in [-0.3, -0.25) is 4.79 Å². The first-order chi connectivity index (χ1) is 8.52. The lowest BCUT2D eigenvalue weighted by atomic mass is 9.81. The van der Waals surface area contributed by atoms with Crippen LogP contribution in [0.3, 0.4) is 0 Å². The van der Waals surface area contributed by atoms with E-state index in [-0.39, 0.29) is 11.2 Å². The van der Waals surface area contributed by atoms with Gasteiger partial charge in [-0.15, -0.1) is 0 Å². The van der Waals surface area contributed by atoms with Gasteiger partial charge >= 0.3 is 0 Å². The predicted octanol–water partition coefficient (Wildman–Crippen LogP) is 2.61. The van der Waals surface area contributed by atoms with Crippen molar-refractivity contribution in [3.63, 3.8) is 0 Å². The van der Waals surface area contributed by atoms with Gasteiger partial charge in [0.05, 0.1) is 11.1 Å². The molecule has 6 heteroatoms. The van der Waals surface area contributed by atoms with Crippen molar-refractivity contribution in [1.82, 2.24) is 9.97 Å². The zero-order valence-corrected chi connectivity index (χ0v) is 11.6. The Morgan fingerprint density at radius 3 is 2.61 bits per heavy atom. The van der Waals surface area contributed by atoms with Crippen molar-refractivity contribution in [2.45, 2.75) is 33.6 Å². The molecule has 1 aliphatic heterocycles. The van der Waals surface area contributed by atoms with Crippen LogP contribution in [0.5, 0.6) is 0 Å². The van der Waals surface area contributed by atoms with E-state index in [2.05, 4.69) is 20.6 Å². The number of anilines is 2. The number of fused-ring (bicyclic) bond motifs is 1. The molecule has 0 saturated carbocycles. The molecule has 0 spiro atoms. The molecule has 0 atom stereocenters. The number of amides is 1. The largest absolute Gasteiger partial charge is 0.367 e. The summed E-state index contributed by atoms with van der Waals surface area (Å²) in [6.07, 6.45) is 1.55. The van der Waals surface area contributed by atoms with Crippen LogP contribution >= 0.6 is 11.6 Å². The molecule has 1 amide bonds. The molecule has 1 aromatic heterocycles. The number of rotatable bonds is 2. The van der Waals surface area contributed by atoms with Gasteiger partial charge in [-0.1, -0.05) is 13.8 Å². The highest BCUT2D eigenvalue weighted by molar-refractivity contribution is 6.28. The number of nitrogens with zero attached hydrogens (tertiary/aromatic N) is 2. The number of carbonyl (C=O) groups is 1. The summed E-state index contributed by atoms with van der Waals surface area (Å²) in [5, 5.41) is 6.33. The van der Waals surface area contributed by atoms with Crippen molar-refractivity contribution >= 4 is 29.0 Å². The fourth-order valence-electron chi connectivity index (χ4n) is 2.22. The van der Waals surface area contributed by atoms with Crippen LogP contribution in [0, 0.1) is 12.3 Å². The second-order valence-electron chi connectivity index (χ2n) is 4.60. The summed E-state index contributed by atoms with van der Waals surface area (Å²) >= 11 is 5.84. The first-order valence-electron chi connectivity index (χ1n) is 6.12. The van der Waals surface area contributed by atoms with E-state index >= 15 is 0 Å². The van der Waals surface area contributed by atoms with E-state index in [9.17, 15) is 4.79 Å². The summed E-state index contributed by atoms with van der Waals surface area (Å²) in [7, 11) is 0. The zero-order chi connectivity index (χ0) is 13.3. The van der Waals surface area contributed by atoms with Crippen LogP contribution in [-0.4, -0.2) is 22.4 Å².